The Morgan fingerprint density at radius 1 is 1.15 bits per heavy atom. The van der Waals surface area contributed by atoms with Crippen molar-refractivity contribution in [1.82, 2.24) is 4.90 Å². The zero-order chi connectivity index (χ0) is 19.8. The van der Waals surface area contributed by atoms with Gasteiger partial charge in [0.1, 0.15) is 5.75 Å². The SMILES string of the molecule is CCC[C@@H](Cc1cccc(OC)c1)C(=O)N(C)[C@H](C)[C@H](O)c1ccccc1. The van der Waals surface area contributed by atoms with Crippen molar-refractivity contribution in [3.8, 4) is 5.75 Å². The fraction of sp³-hybridized carbons (Fsp3) is 0.435. The van der Waals surface area contributed by atoms with Crippen LogP contribution in [0, 0.1) is 5.92 Å². The number of amides is 1. The van der Waals surface area contributed by atoms with Gasteiger partial charge in [-0.2, -0.15) is 0 Å². The normalized spacial score (nSPS) is 14.3. The van der Waals surface area contributed by atoms with Crippen LogP contribution in [0.3, 0.4) is 0 Å². The number of benzene rings is 2. The fourth-order valence-electron chi connectivity index (χ4n) is 3.37. The summed E-state index contributed by atoms with van der Waals surface area (Å²) in [7, 11) is 3.43. The maximum atomic E-state index is 13.2. The molecule has 1 amide bonds. The van der Waals surface area contributed by atoms with Crippen molar-refractivity contribution >= 4 is 5.91 Å². The Hall–Kier alpha value is -2.33. The Morgan fingerprint density at radius 3 is 2.48 bits per heavy atom. The Kier molecular flexibility index (Phi) is 7.86. The Balaban J connectivity index is 2.12. The first-order chi connectivity index (χ1) is 13.0. The third kappa shape index (κ3) is 5.57. The molecule has 3 atom stereocenters. The van der Waals surface area contributed by atoms with E-state index in [2.05, 4.69) is 6.92 Å². The second kappa shape index (κ2) is 10.1. The van der Waals surface area contributed by atoms with Gasteiger partial charge in [-0.3, -0.25) is 4.79 Å². The summed E-state index contributed by atoms with van der Waals surface area (Å²) >= 11 is 0. The number of rotatable bonds is 9. The molecule has 27 heavy (non-hydrogen) atoms. The number of carbonyl (C=O) groups is 1. The van der Waals surface area contributed by atoms with Crippen molar-refractivity contribution < 1.29 is 14.6 Å². The quantitative estimate of drug-likeness (QED) is 0.719. The largest absolute Gasteiger partial charge is 0.497 e. The molecule has 0 aromatic heterocycles. The number of nitrogens with zero attached hydrogens (tertiary/aromatic N) is 1. The van der Waals surface area contributed by atoms with Crippen LogP contribution in [-0.4, -0.2) is 36.1 Å². The lowest BCUT2D eigenvalue weighted by Gasteiger charge is -2.32. The number of ether oxygens (including phenoxy) is 1. The fourth-order valence-corrected chi connectivity index (χ4v) is 3.37. The van der Waals surface area contributed by atoms with Gasteiger partial charge in [-0.1, -0.05) is 55.8 Å². The van der Waals surface area contributed by atoms with Crippen LogP contribution in [-0.2, 0) is 11.2 Å². The number of aliphatic hydroxyl groups is 1. The summed E-state index contributed by atoms with van der Waals surface area (Å²) in [6, 6.07) is 17.1. The second-order valence-electron chi connectivity index (χ2n) is 7.09. The number of aliphatic hydroxyl groups excluding tert-OH is 1. The minimum Gasteiger partial charge on any atom is -0.497 e. The van der Waals surface area contributed by atoms with Gasteiger partial charge in [0, 0.05) is 13.0 Å². The summed E-state index contributed by atoms with van der Waals surface area (Å²) in [5.74, 6) is 0.760. The highest BCUT2D eigenvalue weighted by atomic mass is 16.5. The molecule has 4 heteroatoms. The van der Waals surface area contributed by atoms with E-state index in [1.54, 1.807) is 19.1 Å². The van der Waals surface area contributed by atoms with E-state index in [0.717, 1.165) is 29.7 Å². The van der Waals surface area contributed by atoms with Gasteiger partial charge < -0.3 is 14.7 Å². The molecule has 0 heterocycles. The Bertz CT molecular complexity index is 717. The van der Waals surface area contributed by atoms with E-state index < -0.39 is 6.10 Å². The highest BCUT2D eigenvalue weighted by Gasteiger charge is 2.28. The number of carbonyl (C=O) groups excluding carboxylic acids is 1. The molecular weight excluding hydrogens is 338 g/mol. The molecular formula is C23H31NO3. The van der Waals surface area contributed by atoms with Gasteiger partial charge in [0.25, 0.3) is 0 Å². The number of hydrogen-bond acceptors (Lipinski definition) is 3. The Morgan fingerprint density at radius 2 is 1.85 bits per heavy atom. The number of methoxy groups -OCH3 is 1. The van der Waals surface area contributed by atoms with Crippen molar-refractivity contribution in [1.29, 1.82) is 0 Å². The van der Waals surface area contributed by atoms with Crippen molar-refractivity contribution in [2.24, 2.45) is 5.92 Å². The topological polar surface area (TPSA) is 49.8 Å². The smallest absolute Gasteiger partial charge is 0.226 e. The van der Waals surface area contributed by atoms with Crippen LogP contribution in [0.2, 0.25) is 0 Å². The van der Waals surface area contributed by atoms with E-state index in [-0.39, 0.29) is 17.9 Å². The monoisotopic (exact) mass is 369 g/mol. The van der Waals surface area contributed by atoms with Gasteiger partial charge in [-0.25, -0.2) is 0 Å². The maximum absolute atomic E-state index is 13.2. The lowest BCUT2D eigenvalue weighted by Crippen LogP contribution is -2.42. The molecule has 0 fully saturated rings. The van der Waals surface area contributed by atoms with Crippen molar-refractivity contribution in [3.05, 3.63) is 65.7 Å². The van der Waals surface area contributed by atoms with E-state index in [9.17, 15) is 9.90 Å². The Labute approximate surface area is 162 Å². The molecule has 0 unspecified atom stereocenters. The van der Waals surface area contributed by atoms with Crippen LogP contribution < -0.4 is 4.74 Å². The maximum Gasteiger partial charge on any atom is 0.226 e. The van der Waals surface area contributed by atoms with Crippen molar-refractivity contribution in [2.75, 3.05) is 14.2 Å². The van der Waals surface area contributed by atoms with E-state index >= 15 is 0 Å². The summed E-state index contributed by atoms with van der Waals surface area (Å²) in [5.41, 5.74) is 1.91. The van der Waals surface area contributed by atoms with Gasteiger partial charge in [-0.15, -0.1) is 0 Å². The average molecular weight is 370 g/mol. The van der Waals surface area contributed by atoms with E-state index in [0.29, 0.717) is 6.42 Å². The highest BCUT2D eigenvalue weighted by Crippen LogP contribution is 2.24. The first-order valence-electron chi connectivity index (χ1n) is 9.60. The van der Waals surface area contributed by atoms with Crippen LogP contribution in [0.25, 0.3) is 0 Å². The molecule has 0 spiro atoms. The van der Waals surface area contributed by atoms with E-state index in [4.69, 9.17) is 4.74 Å². The molecule has 2 aromatic carbocycles. The van der Waals surface area contributed by atoms with Crippen LogP contribution in [0.1, 0.15) is 43.9 Å². The third-order valence-electron chi connectivity index (χ3n) is 5.16. The van der Waals surface area contributed by atoms with E-state index in [1.165, 1.54) is 0 Å². The summed E-state index contributed by atoms with van der Waals surface area (Å²) in [6.07, 6.45) is 1.71. The minimum absolute atomic E-state index is 0.0714. The number of likely N-dealkylation sites (N-methyl/N-ethyl adjacent to an activating group) is 1. The molecule has 2 aromatic rings. The van der Waals surface area contributed by atoms with Gasteiger partial charge in [0.15, 0.2) is 0 Å². The molecule has 1 N–H and O–H groups in total. The lowest BCUT2D eigenvalue weighted by molar-refractivity contribution is -0.138. The van der Waals surface area contributed by atoms with Gasteiger partial charge >= 0.3 is 0 Å². The minimum atomic E-state index is -0.709. The van der Waals surface area contributed by atoms with Crippen LogP contribution in [0.4, 0.5) is 0 Å². The van der Waals surface area contributed by atoms with Crippen LogP contribution in [0.5, 0.6) is 5.75 Å². The third-order valence-corrected chi connectivity index (χ3v) is 5.16. The lowest BCUT2D eigenvalue weighted by atomic mass is 9.92. The zero-order valence-electron chi connectivity index (χ0n) is 16.8. The predicted molar refractivity (Wildman–Crippen MR) is 109 cm³/mol. The molecule has 0 bridgehead atoms. The summed E-state index contributed by atoms with van der Waals surface area (Å²) in [4.78, 5) is 14.8. The van der Waals surface area contributed by atoms with Crippen LogP contribution >= 0.6 is 0 Å². The molecule has 0 aliphatic carbocycles. The van der Waals surface area contributed by atoms with Gasteiger partial charge in [0.05, 0.1) is 19.3 Å². The van der Waals surface area contributed by atoms with Gasteiger partial charge in [-0.05, 0) is 43.0 Å². The summed E-state index contributed by atoms with van der Waals surface area (Å²) in [5, 5.41) is 10.7. The molecule has 146 valence electrons. The predicted octanol–water partition coefficient (Wildman–Crippen LogP) is 4.23. The first-order valence-corrected chi connectivity index (χ1v) is 9.60. The van der Waals surface area contributed by atoms with E-state index in [1.807, 2.05) is 61.5 Å². The summed E-state index contributed by atoms with van der Waals surface area (Å²) in [6.45, 7) is 3.98. The zero-order valence-corrected chi connectivity index (χ0v) is 16.8. The standard InChI is InChI=1S/C23H31NO3/c1-5-10-20(15-18-11-9-14-21(16-18)27-4)23(26)24(3)17(2)22(25)19-12-7-6-8-13-19/h6-9,11-14,16-17,20,22,25H,5,10,15H2,1-4H3/t17-,20+,22+/m1/s1. The molecule has 0 saturated heterocycles. The molecule has 0 aliphatic rings. The highest BCUT2D eigenvalue weighted by molar-refractivity contribution is 5.79. The molecule has 0 radical (unpaired) electrons. The second-order valence-corrected chi connectivity index (χ2v) is 7.09. The van der Waals surface area contributed by atoms with Gasteiger partial charge in [0.2, 0.25) is 5.91 Å². The van der Waals surface area contributed by atoms with Crippen molar-refractivity contribution in [2.45, 2.75) is 45.3 Å². The molecule has 0 aliphatic heterocycles. The first kappa shape index (κ1) is 21.0. The molecule has 2 rings (SSSR count). The summed E-state index contributed by atoms with van der Waals surface area (Å²) < 4.78 is 5.29. The molecule has 0 saturated carbocycles. The number of hydrogen-bond donors (Lipinski definition) is 1. The average Bonchev–Trinajstić information content (AvgIpc) is 2.72. The molecule has 4 nitrogen and oxygen atoms in total. The van der Waals surface area contributed by atoms with Crippen molar-refractivity contribution in [3.63, 3.8) is 0 Å². The van der Waals surface area contributed by atoms with Crippen LogP contribution in [0.15, 0.2) is 54.6 Å².